The van der Waals surface area contributed by atoms with Gasteiger partial charge in [0.1, 0.15) is 5.75 Å². The van der Waals surface area contributed by atoms with E-state index in [1.165, 1.54) is 16.7 Å². The van der Waals surface area contributed by atoms with Crippen LogP contribution < -0.4 is 38.5 Å². The van der Waals surface area contributed by atoms with Gasteiger partial charge in [-0.3, -0.25) is 4.90 Å². The van der Waals surface area contributed by atoms with Gasteiger partial charge < -0.3 is 38.5 Å². The van der Waals surface area contributed by atoms with E-state index < -0.39 is 0 Å². The van der Waals surface area contributed by atoms with Gasteiger partial charge in [-0.25, -0.2) is 0 Å². The fraction of sp³-hybridized carbons (Fsp3) is 0.368. The molecule has 262 valence electrons. The summed E-state index contributed by atoms with van der Waals surface area (Å²) in [6.07, 6.45) is 3.13. The third-order valence-electron chi connectivity index (χ3n) is 9.70. The number of fused-ring (bicyclic) bond motifs is 2. The van der Waals surface area contributed by atoms with Gasteiger partial charge in [0, 0.05) is 29.8 Å². The predicted octanol–water partition coefficient (Wildman–Crippen LogP) is 7.67. The van der Waals surface area contributed by atoms with E-state index in [1.54, 1.807) is 35.5 Å². The van der Waals surface area contributed by atoms with E-state index in [1.807, 2.05) is 18.2 Å². The Hall–Kier alpha value is -4.02. The molecule has 4 aromatic rings. The van der Waals surface area contributed by atoms with Gasteiger partial charge >= 0.3 is 0 Å². The highest BCUT2D eigenvalue weighted by molar-refractivity contribution is 5.85. The fourth-order valence-corrected chi connectivity index (χ4v) is 7.32. The van der Waals surface area contributed by atoms with Crippen LogP contribution in [0.5, 0.6) is 51.7 Å². The lowest BCUT2D eigenvalue weighted by atomic mass is 9.86. The van der Waals surface area contributed by atoms with Crippen LogP contribution in [0.2, 0.25) is 0 Å². The molecular weight excluding hydrogens is 667 g/mol. The van der Waals surface area contributed by atoms with Crippen molar-refractivity contribution < 1.29 is 33.2 Å². The smallest absolute Gasteiger partial charge is 0.208 e. The molecule has 4 aliphatic rings. The molecule has 0 aliphatic carbocycles. The maximum atomic E-state index is 7.03. The first-order valence-electron chi connectivity index (χ1n) is 16.1. The summed E-state index contributed by atoms with van der Waals surface area (Å²) in [6, 6.07) is 18.7. The number of ether oxygens (including phenoxy) is 7. The van der Waals surface area contributed by atoms with Gasteiger partial charge in [-0.2, -0.15) is 0 Å². The lowest BCUT2D eigenvalue weighted by Gasteiger charge is -2.38. The lowest BCUT2D eigenvalue weighted by molar-refractivity contribution is 0.216. The van der Waals surface area contributed by atoms with Gasteiger partial charge in [0.05, 0.1) is 35.5 Å². The van der Waals surface area contributed by atoms with Crippen molar-refractivity contribution in [3.63, 3.8) is 0 Å². The quantitative estimate of drug-likeness (QED) is 0.224. The summed E-state index contributed by atoms with van der Waals surface area (Å²) < 4.78 is 43.2. The average molecular weight is 712 g/mol. The molecule has 6 bridgehead atoms. The Morgan fingerprint density at radius 2 is 1.39 bits per heavy atom. The van der Waals surface area contributed by atoms with Crippen LogP contribution in [0.25, 0.3) is 0 Å². The zero-order chi connectivity index (χ0) is 32.7. The number of rotatable bonds is 5. The highest BCUT2D eigenvalue weighted by Gasteiger charge is 2.37. The van der Waals surface area contributed by atoms with Crippen LogP contribution >= 0.6 is 24.8 Å². The predicted molar refractivity (Wildman–Crippen MR) is 194 cm³/mol. The monoisotopic (exact) mass is 710 g/mol. The van der Waals surface area contributed by atoms with Crippen LogP contribution in [0, 0.1) is 0 Å². The molecule has 0 aromatic heterocycles. The van der Waals surface area contributed by atoms with Crippen molar-refractivity contribution >= 4 is 24.8 Å². The van der Waals surface area contributed by atoms with Crippen LogP contribution in [0.3, 0.4) is 0 Å². The van der Waals surface area contributed by atoms with Crippen LogP contribution in [0.4, 0.5) is 0 Å². The number of halogens is 2. The van der Waals surface area contributed by atoms with Crippen LogP contribution in [0.15, 0.2) is 54.6 Å². The van der Waals surface area contributed by atoms with E-state index >= 15 is 0 Å². The number of hydrogen-bond donors (Lipinski definition) is 1. The van der Waals surface area contributed by atoms with Crippen molar-refractivity contribution in [2.24, 2.45) is 0 Å². The number of nitrogens with one attached hydrogen (secondary N) is 1. The van der Waals surface area contributed by atoms with Crippen molar-refractivity contribution in [3.8, 4) is 51.7 Å². The second-order valence-corrected chi connectivity index (χ2v) is 12.3. The third kappa shape index (κ3) is 6.65. The Labute approximate surface area is 300 Å². The zero-order valence-electron chi connectivity index (χ0n) is 28.7. The fourth-order valence-electron chi connectivity index (χ4n) is 7.32. The molecule has 0 fully saturated rings. The average Bonchev–Trinajstić information content (AvgIpc) is 3.09. The summed E-state index contributed by atoms with van der Waals surface area (Å²) in [6.45, 7) is 1.70. The summed E-state index contributed by atoms with van der Waals surface area (Å²) in [4.78, 5) is 2.35. The first-order chi connectivity index (χ1) is 23.0. The molecule has 2 atom stereocenters. The molecule has 2 unspecified atom stereocenters. The van der Waals surface area contributed by atoms with E-state index in [2.05, 4.69) is 53.7 Å². The largest absolute Gasteiger partial charge is 0.493 e. The topological polar surface area (TPSA) is 79.9 Å². The van der Waals surface area contributed by atoms with Crippen molar-refractivity contribution in [1.82, 2.24) is 10.2 Å². The number of nitrogens with zero attached hydrogens (tertiary/aromatic N) is 1. The number of hydrogen-bond acceptors (Lipinski definition) is 9. The number of methoxy groups -OCH3 is 5. The summed E-state index contributed by atoms with van der Waals surface area (Å²) in [5.74, 6) is 5.63. The molecule has 4 heterocycles. The SMILES string of the molecule is COc1ccc2cc1Oc1ccc(cc1)CC1NCCc3cc(OC)c(cc31)Oc1c(OC)c(OC)c(OC)c3c1C(C2)N(C)CC3.Cl.Cl. The molecule has 0 radical (unpaired) electrons. The minimum absolute atomic E-state index is 0. The Morgan fingerprint density at radius 1 is 0.694 bits per heavy atom. The van der Waals surface area contributed by atoms with Crippen LogP contribution in [-0.2, 0) is 25.7 Å². The molecule has 1 N–H and O–H groups in total. The van der Waals surface area contributed by atoms with E-state index in [9.17, 15) is 0 Å². The Bertz CT molecular complexity index is 1800. The normalized spacial score (nSPS) is 17.8. The third-order valence-corrected chi connectivity index (χ3v) is 9.70. The first kappa shape index (κ1) is 36.3. The van der Waals surface area contributed by atoms with Crippen molar-refractivity contribution in [2.45, 2.75) is 37.8 Å². The van der Waals surface area contributed by atoms with Gasteiger partial charge in [0.25, 0.3) is 0 Å². The van der Waals surface area contributed by atoms with Crippen molar-refractivity contribution in [1.29, 1.82) is 0 Å². The molecule has 0 saturated heterocycles. The van der Waals surface area contributed by atoms with E-state index in [0.29, 0.717) is 52.4 Å². The summed E-state index contributed by atoms with van der Waals surface area (Å²) in [7, 11) is 10.4. The molecule has 0 spiro atoms. The summed E-state index contributed by atoms with van der Waals surface area (Å²) in [5.41, 5.74) is 6.76. The molecule has 8 rings (SSSR count). The number of benzene rings is 4. The van der Waals surface area contributed by atoms with Crippen molar-refractivity contribution in [3.05, 3.63) is 88.0 Å². The van der Waals surface area contributed by atoms with Gasteiger partial charge in [0.15, 0.2) is 34.5 Å². The minimum atomic E-state index is -0.0834. The van der Waals surface area contributed by atoms with Crippen LogP contribution in [0.1, 0.15) is 45.5 Å². The molecule has 0 amide bonds. The van der Waals surface area contributed by atoms with Crippen LogP contribution in [-0.4, -0.2) is 60.6 Å². The Kier molecular flexibility index (Phi) is 11.3. The first-order valence-corrected chi connectivity index (χ1v) is 16.1. The summed E-state index contributed by atoms with van der Waals surface area (Å²) in [5, 5.41) is 3.74. The van der Waals surface area contributed by atoms with E-state index in [4.69, 9.17) is 33.2 Å². The van der Waals surface area contributed by atoms with Gasteiger partial charge in [-0.15, -0.1) is 24.8 Å². The maximum absolute atomic E-state index is 7.03. The second kappa shape index (κ2) is 15.3. The highest BCUT2D eigenvalue weighted by atomic mass is 35.5. The van der Waals surface area contributed by atoms with Crippen molar-refractivity contribution in [2.75, 3.05) is 55.7 Å². The zero-order valence-corrected chi connectivity index (χ0v) is 30.3. The summed E-state index contributed by atoms with van der Waals surface area (Å²) >= 11 is 0. The van der Waals surface area contributed by atoms with Gasteiger partial charge in [0.2, 0.25) is 11.5 Å². The molecular formula is C38H44Cl2N2O7. The van der Waals surface area contributed by atoms with E-state index in [0.717, 1.165) is 54.8 Å². The van der Waals surface area contributed by atoms with Gasteiger partial charge in [-0.1, -0.05) is 18.2 Å². The van der Waals surface area contributed by atoms with Gasteiger partial charge in [-0.05, 0) is 97.9 Å². The maximum Gasteiger partial charge on any atom is 0.208 e. The molecule has 0 saturated carbocycles. The lowest BCUT2D eigenvalue weighted by Crippen LogP contribution is -2.34. The second-order valence-electron chi connectivity index (χ2n) is 12.3. The highest BCUT2D eigenvalue weighted by Crippen LogP contribution is 2.56. The minimum Gasteiger partial charge on any atom is -0.493 e. The Balaban J connectivity index is 0.00000234. The molecule has 4 aliphatic heterocycles. The number of likely N-dealkylation sites (N-methyl/N-ethyl adjacent to an activating group) is 1. The van der Waals surface area contributed by atoms with E-state index in [-0.39, 0.29) is 36.9 Å². The molecule has 11 heteroatoms. The molecule has 9 nitrogen and oxygen atoms in total. The Morgan fingerprint density at radius 3 is 2.08 bits per heavy atom. The molecule has 4 aromatic carbocycles. The standard InChI is InChI=1S/C38H42N2O7.2ClH/c1-40-16-14-26-34-29(40)18-23-9-12-30(41-2)32(19-23)46-25-10-7-22(8-11-25)17-28-27-21-33(31(42-3)20-24(27)13-15-39-28)47-36(34)38(45-6)37(44-5)35(26)43-4;;/h7-12,19-21,28-29,39H,13-18H2,1-6H3;2*1H. The molecule has 49 heavy (non-hydrogen) atoms.